The molecule has 5 nitrogen and oxygen atoms in total. The van der Waals surface area contributed by atoms with Crippen molar-refractivity contribution in [2.45, 2.75) is 43.0 Å². The average molecular weight is 289 g/mol. The predicted molar refractivity (Wildman–Crippen MR) is 74.2 cm³/mol. The number of hydrogen-bond acceptors (Lipinski definition) is 6. The van der Waals surface area contributed by atoms with Crippen LogP contribution in [-0.4, -0.2) is 39.1 Å². The lowest BCUT2D eigenvalue weighted by molar-refractivity contribution is -0.145. The number of nitrogens with zero attached hydrogens (tertiary/aromatic N) is 2. The van der Waals surface area contributed by atoms with Crippen LogP contribution in [0.25, 0.3) is 0 Å². The summed E-state index contributed by atoms with van der Waals surface area (Å²) in [5.41, 5.74) is 0.922. The maximum atomic E-state index is 11.4. The summed E-state index contributed by atoms with van der Waals surface area (Å²) in [5.74, 6) is 0.114. The lowest BCUT2D eigenvalue weighted by atomic mass is 9.91. The predicted octanol–water partition coefficient (Wildman–Crippen LogP) is 2.25. The Morgan fingerprint density at radius 3 is 2.89 bits per heavy atom. The Labute approximate surface area is 115 Å². The lowest BCUT2D eigenvalue weighted by Crippen LogP contribution is -2.51. The minimum Gasteiger partial charge on any atom is -0.480 e. The Kier molecular flexibility index (Phi) is 6.59. The lowest BCUT2D eigenvalue weighted by Gasteiger charge is -2.29. The molecular weight excluding hydrogens is 270 g/mol. The number of carboxylic acid groups (broad SMARTS) is 1. The van der Waals surface area contributed by atoms with Gasteiger partial charge < -0.3 is 10.4 Å². The van der Waals surface area contributed by atoms with Crippen molar-refractivity contribution in [3.63, 3.8) is 0 Å². The van der Waals surface area contributed by atoms with Gasteiger partial charge in [-0.3, -0.25) is 4.79 Å². The molecule has 0 saturated heterocycles. The average Bonchev–Trinajstić information content (AvgIpc) is 2.86. The Hall–Kier alpha value is -0.660. The molecule has 0 bridgehead atoms. The maximum Gasteiger partial charge on any atom is 0.323 e. The van der Waals surface area contributed by atoms with Crippen LogP contribution in [-0.2, 0) is 4.79 Å². The highest BCUT2D eigenvalue weighted by Crippen LogP contribution is 2.24. The highest BCUT2D eigenvalue weighted by Gasteiger charge is 2.34. The fourth-order valence-corrected chi connectivity index (χ4v) is 3.32. The number of carbonyl (C=O) groups is 1. The molecule has 0 fully saturated rings. The van der Waals surface area contributed by atoms with Crippen molar-refractivity contribution in [1.29, 1.82) is 0 Å². The van der Waals surface area contributed by atoms with Crippen LogP contribution < -0.4 is 5.32 Å². The Bertz CT molecular complexity index is 359. The summed E-state index contributed by atoms with van der Waals surface area (Å²) in [7, 11) is 0. The van der Waals surface area contributed by atoms with Gasteiger partial charge in [0.1, 0.15) is 11.0 Å². The van der Waals surface area contributed by atoms with Gasteiger partial charge in [0.05, 0.1) is 0 Å². The first-order valence-corrected chi connectivity index (χ1v) is 7.88. The van der Waals surface area contributed by atoms with Gasteiger partial charge in [0, 0.05) is 5.75 Å². The molecule has 1 aromatic heterocycles. The molecule has 0 amide bonds. The molecule has 7 heteroatoms. The van der Waals surface area contributed by atoms with Crippen molar-refractivity contribution in [2.75, 3.05) is 12.3 Å². The third kappa shape index (κ3) is 4.22. The molecule has 0 aliphatic carbocycles. The number of aromatic nitrogens is 2. The van der Waals surface area contributed by atoms with E-state index in [0.717, 1.165) is 16.5 Å². The van der Waals surface area contributed by atoms with Crippen LogP contribution in [0.3, 0.4) is 0 Å². The summed E-state index contributed by atoms with van der Waals surface area (Å²) in [6.45, 7) is 4.52. The van der Waals surface area contributed by atoms with Gasteiger partial charge >= 0.3 is 5.97 Å². The zero-order valence-electron chi connectivity index (χ0n) is 10.7. The van der Waals surface area contributed by atoms with Crippen LogP contribution in [0.5, 0.6) is 0 Å². The van der Waals surface area contributed by atoms with Gasteiger partial charge in [-0.2, -0.15) is 0 Å². The second-order valence-corrected chi connectivity index (χ2v) is 6.10. The van der Waals surface area contributed by atoms with Crippen molar-refractivity contribution in [1.82, 2.24) is 15.5 Å². The van der Waals surface area contributed by atoms with E-state index in [2.05, 4.69) is 15.5 Å². The quantitative estimate of drug-likeness (QED) is 0.536. The molecule has 1 unspecified atom stereocenters. The molecule has 0 aliphatic heterocycles. The molecular formula is C11H19N3O2S2. The van der Waals surface area contributed by atoms with Gasteiger partial charge in [-0.05, 0) is 25.8 Å². The van der Waals surface area contributed by atoms with Crippen LogP contribution >= 0.6 is 23.1 Å². The van der Waals surface area contributed by atoms with E-state index in [9.17, 15) is 9.90 Å². The van der Waals surface area contributed by atoms with Gasteiger partial charge in [0.25, 0.3) is 0 Å². The Balaban J connectivity index is 2.39. The number of nitrogens with one attached hydrogen (secondary N) is 1. The Morgan fingerprint density at radius 2 is 2.39 bits per heavy atom. The first-order valence-electron chi connectivity index (χ1n) is 6.02. The number of aliphatic carboxylic acids is 1. The zero-order valence-corrected chi connectivity index (χ0v) is 12.3. The highest BCUT2D eigenvalue weighted by molar-refractivity contribution is 8.00. The van der Waals surface area contributed by atoms with E-state index in [0.29, 0.717) is 19.4 Å². The van der Waals surface area contributed by atoms with E-state index in [-0.39, 0.29) is 0 Å². The number of likely N-dealkylation sites (N-methyl/N-ethyl adjacent to an activating group) is 1. The molecule has 0 radical (unpaired) electrons. The molecule has 0 aromatic carbocycles. The summed E-state index contributed by atoms with van der Waals surface area (Å²) in [6, 6.07) is 0. The summed E-state index contributed by atoms with van der Waals surface area (Å²) in [6.07, 6.45) is 2.08. The summed E-state index contributed by atoms with van der Waals surface area (Å²) in [4.78, 5) is 11.4. The van der Waals surface area contributed by atoms with Gasteiger partial charge in [-0.1, -0.05) is 36.9 Å². The minimum atomic E-state index is -0.781. The van der Waals surface area contributed by atoms with E-state index in [4.69, 9.17) is 0 Å². The number of thioether (sulfide) groups is 1. The molecule has 102 valence electrons. The standard InChI is InChI=1S/C11H19N3O2S2/c1-3-11(9(15)16,12-4-2)6-5-7-17-10-14-13-8-18-10/h8,12H,3-7H2,1-2H3,(H,15,16). The van der Waals surface area contributed by atoms with Crippen molar-refractivity contribution in [2.24, 2.45) is 0 Å². The number of carboxylic acids is 1. The second kappa shape index (κ2) is 7.70. The van der Waals surface area contributed by atoms with Crippen LogP contribution in [0.1, 0.15) is 33.1 Å². The molecule has 1 heterocycles. The highest BCUT2D eigenvalue weighted by atomic mass is 32.2. The van der Waals surface area contributed by atoms with Crippen molar-refractivity contribution in [3.05, 3.63) is 5.51 Å². The van der Waals surface area contributed by atoms with Gasteiger partial charge in [0.15, 0.2) is 4.34 Å². The summed E-state index contributed by atoms with van der Waals surface area (Å²) < 4.78 is 0.941. The van der Waals surface area contributed by atoms with Crippen LogP contribution in [0.4, 0.5) is 0 Å². The first kappa shape index (κ1) is 15.4. The molecule has 1 rings (SSSR count). The third-order valence-electron chi connectivity index (χ3n) is 2.84. The normalized spacial score (nSPS) is 14.3. The molecule has 2 N–H and O–H groups in total. The van der Waals surface area contributed by atoms with Crippen LogP contribution in [0.2, 0.25) is 0 Å². The fraction of sp³-hybridized carbons (Fsp3) is 0.727. The van der Waals surface area contributed by atoms with E-state index >= 15 is 0 Å². The van der Waals surface area contributed by atoms with E-state index in [1.807, 2.05) is 13.8 Å². The smallest absolute Gasteiger partial charge is 0.323 e. The molecule has 0 saturated carbocycles. The molecule has 0 aliphatic rings. The SMILES string of the molecule is CCNC(CC)(CCCSc1nncs1)C(=O)O. The van der Waals surface area contributed by atoms with E-state index in [1.165, 1.54) is 11.3 Å². The monoisotopic (exact) mass is 289 g/mol. The summed E-state index contributed by atoms with van der Waals surface area (Å²) in [5, 5.41) is 20.2. The number of rotatable bonds is 9. The van der Waals surface area contributed by atoms with Crippen molar-refractivity contribution < 1.29 is 9.90 Å². The third-order valence-corrected chi connectivity index (χ3v) is 4.79. The van der Waals surface area contributed by atoms with Gasteiger partial charge in [0.2, 0.25) is 0 Å². The van der Waals surface area contributed by atoms with Crippen LogP contribution in [0, 0.1) is 0 Å². The van der Waals surface area contributed by atoms with Crippen LogP contribution in [0.15, 0.2) is 9.85 Å². The molecule has 1 aromatic rings. The maximum absolute atomic E-state index is 11.4. The Morgan fingerprint density at radius 1 is 1.61 bits per heavy atom. The molecule has 1 atom stereocenters. The zero-order chi connectivity index (χ0) is 13.4. The second-order valence-electron chi connectivity index (χ2n) is 3.93. The van der Waals surface area contributed by atoms with Gasteiger partial charge in [-0.15, -0.1) is 10.2 Å². The largest absolute Gasteiger partial charge is 0.480 e. The fourth-order valence-electron chi connectivity index (χ4n) is 1.82. The van der Waals surface area contributed by atoms with E-state index < -0.39 is 11.5 Å². The first-order chi connectivity index (χ1) is 8.64. The molecule has 18 heavy (non-hydrogen) atoms. The topological polar surface area (TPSA) is 75.1 Å². The molecule has 0 spiro atoms. The number of hydrogen-bond donors (Lipinski definition) is 2. The van der Waals surface area contributed by atoms with Gasteiger partial charge in [-0.25, -0.2) is 0 Å². The van der Waals surface area contributed by atoms with Crippen molar-refractivity contribution >= 4 is 29.1 Å². The summed E-state index contributed by atoms with van der Waals surface area (Å²) >= 11 is 3.14. The van der Waals surface area contributed by atoms with E-state index in [1.54, 1.807) is 17.3 Å². The van der Waals surface area contributed by atoms with Crippen molar-refractivity contribution in [3.8, 4) is 0 Å². The minimum absolute atomic E-state index is 0.597.